The second kappa shape index (κ2) is 7.11. The minimum absolute atomic E-state index is 0.00329. The third-order valence-corrected chi connectivity index (χ3v) is 6.67. The Morgan fingerprint density at radius 2 is 1.87 bits per heavy atom. The predicted molar refractivity (Wildman–Crippen MR) is 117 cm³/mol. The Morgan fingerprint density at radius 1 is 1.13 bits per heavy atom. The molecule has 2 atom stereocenters. The fourth-order valence-electron chi connectivity index (χ4n) is 4.73. The molecule has 0 aliphatic carbocycles. The molecule has 0 unspecified atom stereocenters. The maximum Gasteiger partial charge on any atom is 0.195 e. The van der Waals surface area contributed by atoms with Crippen molar-refractivity contribution in [2.45, 2.75) is 45.9 Å². The summed E-state index contributed by atoms with van der Waals surface area (Å²) in [6.07, 6.45) is 0. The smallest absolute Gasteiger partial charge is 0.195 e. The number of hydroxylamine groups is 2. The van der Waals surface area contributed by atoms with Crippen molar-refractivity contribution in [2.75, 3.05) is 13.7 Å². The summed E-state index contributed by atoms with van der Waals surface area (Å²) in [7, 11) is 1.66. The lowest BCUT2D eigenvalue weighted by Gasteiger charge is -2.33. The molecular formula is C25H27NO5. The number of aryl methyl sites for hydroxylation is 1. The molecule has 2 aliphatic rings. The predicted octanol–water partition coefficient (Wildman–Crippen LogP) is 4.69. The lowest BCUT2D eigenvalue weighted by molar-refractivity contribution is -0.201. The van der Waals surface area contributed by atoms with Gasteiger partial charge in [-0.2, -0.15) is 5.06 Å². The molecule has 3 aromatic rings. The van der Waals surface area contributed by atoms with E-state index in [0.29, 0.717) is 35.4 Å². The van der Waals surface area contributed by atoms with E-state index in [1.807, 2.05) is 48.4 Å². The first-order valence-corrected chi connectivity index (χ1v) is 10.6. The molecule has 6 heteroatoms. The van der Waals surface area contributed by atoms with Gasteiger partial charge in [0.1, 0.15) is 22.8 Å². The highest BCUT2D eigenvalue weighted by Gasteiger charge is 2.53. The fraction of sp³-hybridized carbons (Fsp3) is 0.400. The molecule has 0 saturated carbocycles. The van der Waals surface area contributed by atoms with Crippen molar-refractivity contribution in [2.24, 2.45) is 5.92 Å². The van der Waals surface area contributed by atoms with E-state index in [4.69, 9.17) is 18.7 Å². The monoisotopic (exact) mass is 421 g/mol. The summed E-state index contributed by atoms with van der Waals surface area (Å²) in [6.45, 7) is 8.95. The second-order valence-electron chi connectivity index (χ2n) is 8.95. The quantitative estimate of drug-likeness (QED) is 0.611. The molecule has 3 heterocycles. The van der Waals surface area contributed by atoms with E-state index in [1.165, 1.54) is 0 Å². The van der Waals surface area contributed by atoms with Gasteiger partial charge in [-0.15, -0.1) is 0 Å². The van der Waals surface area contributed by atoms with Crippen LogP contribution in [-0.2, 0) is 11.4 Å². The molecule has 0 spiro atoms. The molecular weight excluding hydrogens is 394 g/mol. The van der Waals surface area contributed by atoms with Crippen molar-refractivity contribution >= 4 is 11.0 Å². The fourth-order valence-corrected chi connectivity index (χ4v) is 4.73. The summed E-state index contributed by atoms with van der Waals surface area (Å²) in [5.74, 6) is 2.30. The Morgan fingerprint density at radius 3 is 2.58 bits per heavy atom. The van der Waals surface area contributed by atoms with Crippen molar-refractivity contribution < 1.29 is 18.7 Å². The van der Waals surface area contributed by atoms with Crippen LogP contribution in [0.15, 0.2) is 45.6 Å². The van der Waals surface area contributed by atoms with Crippen LogP contribution in [0.5, 0.6) is 11.5 Å². The number of ether oxygens (including phenoxy) is 2. The first-order chi connectivity index (χ1) is 14.8. The van der Waals surface area contributed by atoms with E-state index in [9.17, 15) is 4.79 Å². The highest BCUT2D eigenvalue weighted by atomic mass is 16.7. The van der Waals surface area contributed by atoms with Crippen molar-refractivity contribution in [1.29, 1.82) is 0 Å². The van der Waals surface area contributed by atoms with Crippen LogP contribution in [0.4, 0.5) is 0 Å². The van der Waals surface area contributed by atoms with Gasteiger partial charge in [-0.25, -0.2) is 0 Å². The Labute approximate surface area is 181 Å². The molecule has 2 aromatic carbocycles. The number of hydrogen-bond donors (Lipinski definition) is 0. The number of nitrogens with zero attached hydrogens (tertiary/aromatic N) is 1. The number of rotatable bonds is 3. The van der Waals surface area contributed by atoms with Crippen molar-refractivity contribution in [3.05, 3.63) is 69.1 Å². The molecule has 1 fully saturated rings. The van der Waals surface area contributed by atoms with Gasteiger partial charge in [0.05, 0.1) is 36.3 Å². The van der Waals surface area contributed by atoms with E-state index < -0.39 is 5.60 Å². The van der Waals surface area contributed by atoms with Gasteiger partial charge in [-0.05, 0) is 57.5 Å². The third kappa shape index (κ3) is 3.13. The van der Waals surface area contributed by atoms with E-state index in [1.54, 1.807) is 14.0 Å². The topological polar surface area (TPSA) is 61.1 Å². The second-order valence-corrected chi connectivity index (χ2v) is 8.95. The van der Waals surface area contributed by atoms with Gasteiger partial charge in [0.15, 0.2) is 5.43 Å². The first kappa shape index (κ1) is 20.1. The summed E-state index contributed by atoms with van der Waals surface area (Å²) in [6, 6.07) is 11.6. The summed E-state index contributed by atoms with van der Waals surface area (Å²) in [4.78, 5) is 19.4. The van der Waals surface area contributed by atoms with Crippen molar-refractivity contribution in [1.82, 2.24) is 5.06 Å². The van der Waals surface area contributed by atoms with Gasteiger partial charge in [-0.3, -0.25) is 9.63 Å². The van der Waals surface area contributed by atoms with Crippen LogP contribution < -0.4 is 14.9 Å². The largest absolute Gasteiger partial charge is 0.497 e. The molecule has 0 N–H and O–H groups in total. The highest BCUT2D eigenvalue weighted by molar-refractivity contribution is 5.83. The molecule has 2 aliphatic heterocycles. The van der Waals surface area contributed by atoms with Gasteiger partial charge in [-0.1, -0.05) is 12.1 Å². The number of benzene rings is 2. The molecule has 1 aromatic heterocycles. The minimum atomic E-state index is -0.420. The van der Waals surface area contributed by atoms with Gasteiger partial charge in [0, 0.05) is 18.0 Å². The van der Waals surface area contributed by atoms with Crippen LogP contribution in [0.3, 0.4) is 0 Å². The summed E-state index contributed by atoms with van der Waals surface area (Å²) in [5, 5.41) is 2.60. The average molecular weight is 421 g/mol. The van der Waals surface area contributed by atoms with Crippen LogP contribution in [0.25, 0.3) is 11.0 Å². The Balaban J connectivity index is 1.65. The van der Waals surface area contributed by atoms with E-state index in [-0.39, 0.29) is 17.4 Å². The first-order valence-electron chi connectivity index (χ1n) is 10.6. The van der Waals surface area contributed by atoms with Crippen LogP contribution in [0, 0.1) is 19.8 Å². The van der Waals surface area contributed by atoms with Gasteiger partial charge >= 0.3 is 0 Å². The zero-order valence-electron chi connectivity index (χ0n) is 18.5. The third-order valence-electron chi connectivity index (χ3n) is 6.67. The Kier molecular flexibility index (Phi) is 4.61. The van der Waals surface area contributed by atoms with Crippen LogP contribution in [0.1, 0.15) is 42.3 Å². The molecule has 1 saturated heterocycles. The van der Waals surface area contributed by atoms with Crippen LogP contribution in [0.2, 0.25) is 0 Å². The van der Waals surface area contributed by atoms with Gasteiger partial charge in [0.2, 0.25) is 0 Å². The average Bonchev–Trinajstić information content (AvgIpc) is 3.02. The molecule has 0 bridgehead atoms. The zero-order chi connectivity index (χ0) is 21.9. The Bertz CT molecular complexity index is 1210. The summed E-state index contributed by atoms with van der Waals surface area (Å²) >= 11 is 0. The molecule has 6 nitrogen and oxygen atoms in total. The molecule has 5 rings (SSSR count). The normalized spacial score (nSPS) is 22.1. The maximum atomic E-state index is 12.9. The standard InChI is InChI=1S/C25H27NO5/c1-14-15(2)30-24-18(23(14)27)10-11-20-21(24)22-19(13-29-20)25(3,4)31-26(22)12-16-6-8-17(28-5)9-7-16/h6-11,19,22H,12-13H2,1-5H3/t19-,22-/m0/s1. The number of fused-ring (bicyclic) bond motifs is 5. The molecule has 0 radical (unpaired) electrons. The summed E-state index contributed by atoms with van der Waals surface area (Å²) in [5.41, 5.74) is 2.83. The van der Waals surface area contributed by atoms with E-state index >= 15 is 0 Å². The van der Waals surface area contributed by atoms with Crippen LogP contribution >= 0.6 is 0 Å². The number of methoxy groups -OCH3 is 1. The van der Waals surface area contributed by atoms with E-state index in [2.05, 4.69) is 13.8 Å². The maximum absolute atomic E-state index is 12.9. The van der Waals surface area contributed by atoms with Gasteiger partial charge < -0.3 is 13.9 Å². The molecule has 0 amide bonds. The van der Waals surface area contributed by atoms with E-state index in [0.717, 1.165) is 22.6 Å². The summed E-state index contributed by atoms with van der Waals surface area (Å²) < 4.78 is 17.6. The lowest BCUT2D eigenvalue weighted by Crippen LogP contribution is -2.37. The van der Waals surface area contributed by atoms with Crippen LogP contribution in [-0.4, -0.2) is 24.4 Å². The lowest BCUT2D eigenvalue weighted by atomic mass is 9.80. The zero-order valence-corrected chi connectivity index (χ0v) is 18.5. The molecule has 31 heavy (non-hydrogen) atoms. The van der Waals surface area contributed by atoms with Gasteiger partial charge in [0.25, 0.3) is 0 Å². The minimum Gasteiger partial charge on any atom is -0.497 e. The molecule has 162 valence electrons. The number of hydrogen-bond acceptors (Lipinski definition) is 6. The highest BCUT2D eigenvalue weighted by Crippen LogP contribution is 2.52. The Hall–Kier alpha value is -2.83. The van der Waals surface area contributed by atoms with Crippen molar-refractivity contribution in [3.8, 4) is 11.5 Å². The SMILES string of the molecule is COc1ccc(CN2OC(C)(C)[C@H]3COc4ccc5c(=O)c(C)c(C)oc5c4[C@H]32)cc1. The van der Waals surface area contributed by atoms with Crippen molar-refractivity contribution in [3.63, 3.8) is 0 Å².